The Morgan fingerprint density at radius 3 is 1.90 bits per heavy atom. The lowest BCUT2D eigenvalue weighted by atomic mass is 9.82. The van der Waals surface area contributed by atoms with Crippen molar-refractivity contribution in [3.63, 3.8) is 0 Å². The van der Waals surface area contributed by atoms with Gasteiger partial charge in [-0.15, -0.1) is 0 Å². The molecule has 2 aliphatic rings. The third kappa shape index (κ3) is 4.08. The van der Waals surface area contributed by atoms with Crippen LogP contribution < -0.4 is 0 Å². The Morgan fingerprint density at radius 1 is 0.481 bits per heavy atom. The molecule has 0 saturated heterocycles. The van der Waals surface area contributed by atoms with Crippen molar-refractivity contribution in [3.8, 4) is 45.3 Å². The SMILES string of the molecule is CC1(C)CCc2ccc(-c3nc(-c4cccc5c4oc4ccccc45)nc(-c4cccc5c4oc4cc6c(cc45)-c4ccccc4C6(C)C)n3)cc21. The first-order valence-electron chi connectivity index (χ1n) is 18.2. The van der Waals surface area contributed by atoms with E-state index in [1.54, 1.807) is 0 Å². The molecular formula is C47H35N3O2. The van der Waals surface area contributed by atoms with Gasteiger partial charge in [0.05, 0.1) is 11.1 Å². The highest BCUT2D eigenvalue weighted by Gasteiger charge is 2.36. The minimum absolute atomic E-state index is 0.0964. The van der Waals surface area contributed by atoms with Crippen LogP contribution in [0.2, 0.25) is 0 Å². The number of fused-ring (bicyclic) bond motifs is 10. The summed E-state index contributed by atoms with van der Waals surface area (Å²) in [5.41, 5.74) is 13.8. The van der Waals surface area contributed by atoms with E-state index in [1.807, 2.05) is 24.3 Å². The van der Waals surface area contributed by atoms with Gasteiger partial charge in [-0.25, -0.2) is 15.0 Å². The molecule has 0 fully saturated rings. The van der Waals surface area contributed by atoms with Crippen molar-refractivity contribution in [2.75, 3.05) is 0 Å². The number of furan rings is 2. The molecule has 9 aromatic rings. The first-order valence-corrected chi connectivity index (χ1v) is 18.2. The number of benzene rings is 6. The summed E-state index contributed by atoms with van der Waals surface area (Å²) in [6.07, 6.45) is 2.22. The van der Waals surface area contributed by atoms with Crippen LogP contribution in [0.15, 0.2) is 124 Å². The molecular weight excluding hydrogens is 639 g/mol. The molecule has 0 amide bonds. The third-order valence-corrected chi connectivity index (χ3v) is 11.8. The second kappa shape index (κ2) is 10.3. The van der Waals surface area contributed by atoms with Crippen LogP contribution in [-0.2, 0) is 17.3 Å². The first-order chi connectivity index (χ1) is 25.2. The zero-order chi connectivity index (χ0) is 34.9. The Labute approximate surface area is 301 Å². The summed E-state index contributed by atoms with van der Waals surface area (Å²) in [5.74, 6) is 1.76. The fourth-order valence-corrected chi connectivity index (χ4v) is 8.98. The molecule has 6 aromatic carbocycles. The van der Waals surface area contributed by atoms with Gasteiger partial charge in [0, 0.05) is 32.5 Å². The van der Waals surface area contributed by atoms with Gasteiger partial charge in [0.1, 0.15) is 22.3 Å². The predicted molar refractivity (Wildman–Crippen MR) is 210 cm³/mol. The molecule has 0 aliphatic heterocycles. The van der Waals surface area contributed by atoms with Gasteiger partial charge >= 0.3 is 0 Å². The lowest BCUT2D eigenvalue weighted by Gasteiger charge is -2.21. The van der Waals surface area contributed by atoms with E-state index in [4.69, 9.17) is 23.8 Å². The molecule has 5 heteroatoms. The van der Waals surface area contributed by atoms with Crippen LogP contribution in [-0.4, -0.2) is 15.0 Å². The van der Waals surface area contributed by atoms with Crippen LogP contribution in [0.3, 0.4) is 0 Å². The summed E-state index contributed by atoms with van der Waals surface area (Å²) in [6, 6.07) is 40.6. The van der Waals surface area contributed by atoms with E-state index in [2.05, 4.69) is 119 Å². The molecule has 3 aromatic heterocycles. The Morgan fingerprint density at radius 2 is 1.12 bits per heavy atom. The maximum Gasteiger partial charge on any atom is 0.167 e. The van der Waals surface area contributed by atoms with Crippen molar-refractivity contribution in [3.05, 3.63) is 138 Å². The monoisotopic (exact) mass is 673 g/mol. The smallest absolute Gasteiger partial charge is 0.167 e. The van der Waals surface area contributed by atoms with Crippen molar-refractivity contribution in [2.45, 2.75) is 51.4 Å². The van der Waals surface area contributed by atoms with Gasteiger partial charge in [0.25, 0.3) is 0 Å². The fourth-order valence-electron chi connectivity index (χ4n) is 8.98. The Bertz CT molecular complexity index is 2980. The molecule has 11 rings (SSSR count). The topological polar surface area (TPSA) is 65.0 Å². The van der Waals surface area contributed by atoms with Crippen molar-refractivity contribution >= 4 is 43.9 Å². The third-order valence-electron chi connectivity index (χ3n) is 11.8. The maximum atomic E-state index is 6.83. The summed E-state index contributed by atoms with van der Waals surface area (Å²) in [5, 5.41) is 4.23. The molecule has 0 N–H and O–H groups in total. The van der Waals surface area contributed by atoms with E-state index < -0.39 is 0 Å². The summed E-state index contributed by atoms with van der Waals surface area (Å²) in [4.78, 5) is 15.6. The van der Waals surface area contributed by atoms with Crippen molar-refractivity contribution in [1.29, 1.82) is 0 Å². The van der Waals surface area contributed by atoms with Gasteiger partial charge in [-0.3, -0.25) is 0 Å². The summed E-state index contributed by atoms with van der Waals surface area (Å²) < 4.78 is 13.3. The fraction of sp³-hybridized carbons (Fsp3) is 0.170. The van der Waals surface area contributed by atoms with Gasteiger partial charge in [0.15, 0.2) is 17.5 Å². The number of hydrogen-bond donors (Lipinski definition) is 0. The van der Waals surface area contributed by atoms with Gasteiger partial charge in [0.2, 0.25) is 0 Å². The van der Waals surface area contributed by atoms with Gasteiger partial charge in [-0.05, 0) is 88.0 Å². The summed E-state index contributed by atoms with van der Waals surface area (Å²) >= 11 is 0. The number of aryl methyl sites for hydroxylation is 1. The Hall–Kier alpha value is -6.07. The molecule has 0 spiro atoms. The highest BCUT2D eigenvalue weighted by Crippen LogP contribution is 2.51. The molecule has 0 unspecified atom stereocenters. The highest BCUT2D eigenvalue weighted by molar-refractivity contribution is 6.12. The molecule has 5 nitrogen and oxygen atoms in total. The van der Waals surface area contributed by atoms with Crippen LogP contribution in [0.1, 0.15) is 56.4 Å². The van der Waals surface area contributed by atoms with Crippen LogP contribution in [0.4, 0.5) is 0 Å². The van der Waals surface area contributed by atoms with E-state index in [9.17, 15) is 0 Å². The molecule has 250 valence electrons. The Balaban J connectivity index is 1.16. The zero-order valence-corrected chi connectivity index (χ0v) is 29.5. The quantitative estimate of drug-likeness (QED) is 0.187. The van der Waals surface area contributed by atoms with Crippen LogP contribution >= 0.6 is 0 Å². The predicted octanol–water partition coefficient (Wildman–Crippen LogP) is 12.2. The molecule has 52 heavy (non-hydrogen) atoms. The van der Waals surface area contributed by atoms with E-state index in [1.165, 1.54) is 33.4 Å². The number of rotatable bonds is 3. The second-order valence-corrected chi connectivity index (χ2v) is 15.7. The maximum absolute atomic E-state index is 6.83. The normalized spacial score (nSPS) is 15.5. The van der Waals surface area contributed by atoms with Crippen molar-refractivity contribution < 1.29 is 8.83 Å². The van der Waals surface area contributed by atoms with E-state index in [0.717, 1.165) is 73.4 Å². The molecule has 2 aliphatic carbocycles. The summed E-state index contributed by atoms with van der Waals surface area (Å²) in [6.45, 7) is 9.25. The Kier molecular flexibility index (Phi) is 5.85. The average molecular weight is 674 g/mol. The lowest BCUT2D eigenvalue weighted by molar-refractivity contribution is 0.522. The van der Waals surface area contributed by atoms with Gasteiger partial charge < -0.3 is 8.83 Å². The first kappa shape index (κ1) is 29.6. The highest BCUT2D eigenvalue weighted by atomic mass is 16.3. The standard InChI is InChI=1S/C47H35N3O2/c1-46(2)22-21-26-19-20-27(23-37(26)46)43-48-44(32-15-9-13-30-29-12-6-8-18-39(29)51-41(30)32)50-45(49-43)33-16-10-14-31-35-24-34-28-11-5-7-17-36(28)47(3,4)38(34)25-40(35)52-42(31)33/h5-20,23-25H,21-22H2,1-4H3. The molecule has 3 heterocycles. The average Bonchev–Trinajstić information content (AvgIpc) is 3.88. The number of nitrogens with zero attached hydrogens (tertiary/aromatic N) is 3. The van der Waals surface area contributed by atoms with Crippen LogP contribution in [0, 0.1) is 0 Å². The summed E-state index contributed by atoms with van der Waals surface area (Å²) in [7, 11) is 0. The minimum atomic E-state index is -0.123. The largest absolute Gasteiger partial charge is 0.455 e. The van der Waals surface area contributed by atoms with E-state index >= 15 is 0 Å². The molecule has 0 atom stereocenters. The van der Waals surface area contributed by atoms with E-state index in [-0.39, 0.29) is 10.8 Å². The number of aromatic nitrogens is 3. The lowest BCUT2D eigenvalue weighted by Crippen LogP contribution is -2.14. The van der Waals surface area contributed by atoms with Crippen molar-refractivity contribution in [2.24, 2.45) is 0 Å². The second-order valence-electron chi connectivity index (χ2n) is 15.7. The molecule has 0 saturated carbocycles. The molecule has 0 bridgehead atoms. The van der Waals surface area contributed by atoms with Crippen LogP contribution in [0.25, 0.3) is 89.2 Å². The van der Waals surface area contributed by atoms with E-state index in [0.29, 0.717) is 17.5 Å². The molecule has 0 radical (unpaired) electrons. The van der Waals surface area contributed by atoms with Crippen LogP contribution in [0.5, 0.6) is 0 Å². The zero-order valence-electron chi connectivity index (χ0n) is 29.5. The van der Waals surface area contributed by atoms with Crippen molar-refractivity contribution in [1.82, 2.24) is 15.0 Å². The minimum Gasteiger partial charge on any atom is -0.455 e. The number of para-hydroxylation sites is 3. The van der Waals surface area contributed by atoms with Gasteiger partial charge in [-0.1, -0.05) is 107 Å². The van der Waals surface area contributed by atoms with Gasteiger partial charge in [-0.2, -0.15) is 0 Å². The number of hydrogen-bond acceptors (Lipinski definition) is 5.